The standard InChI is InChI=1S/C19H17NO5/c1-22-16-10-14(11-17(23-2)19(16)24-3)6-9-18(21)25-15-7-4-13(12-20)5-8-15/h4-11H,1-3H3/b9-6+. The van der Waals surface area contributed by atoms with Gasteiger partial charge in [0, 0.05) is 6.08 Å². The molecule has 0 aliphatic rings. The maximum Gasteiger partial charge on any atom is 0.336 e. The quantitative estimate of drug-likeness (QED) is 0.457. The fraction of sp³-hybridized carbons (Fsp3) is 0.158. The number of carbonyl (C=O) groups is 1. The number of nitrogens with zero attached hydrogens (tertiary/aromatic N) is 1. The van der Waals surface area contributed by atoms with Crippen LogP contribution < -0.4 is 18.9 Å². The van der Waals surface area contributed by atoms with E-state index in [0.29, 0.717) is 34.1 Å². The Kier molecular flexibility index (Phi) is 6.02. The van der Waals surface area contributed by atoms with E-state index in [1.807, 2.05) is 6.07 Å². The molecule has 25 heavy (non-hydrogen) atoms. The van der Waals surface area contributed by atoms with Crippen molar-refractivity contribution in [3.05, 3.63) is 53.6 Å². The molecule has 0 bridgehead atoms. The molecular weight excluding hydrogens is 322 g/mol. The molecule has 0 amide bonds. The van der Waals surface area contributed by atoms with Crippen LogP contribution in [0.2, 0.25) is 0 Å². The number of rotatable bonds is 6. The molecule has 0 saturated carbocycles. The van der Waals surface area contributed by atoms with Crippen molar-refractivity contribution in [2.75, 3.05) is 21.3 Å². The first-order valence-corrected chi connectivity index (χ1v) is 7.31. The number of carbonyl (C=O) groups excluding carboxylic acids is 1. The van der Waals surface area contributed by atoms with E-state index in [2.05, 4.69) is 0 Å². The van der Waals surface area contributed by atoms with E-state index in [1.54, 1.807) is 42.5 Å². The fourth-order valence-electron chi connectivity index (χ4n) is 2.11. The predicted molar refractivity (Wildman–Crippen MR) is 91.9 cm³/mol. The molecule has 0 aromatic heterocycles. The van der Waals surface area contributed by atoms with Crippen molar-refractivity contribution in [2.45, 2.75) is 0 Å². The Hall–Kier alpha value is -3.46. The smallest absolute Gasteiger partial charge is 0.336 e. The van der Waals surface area contributed by atoms with Crippen molar-refractivity contribution >= 4 is 12.0 Å². The second kappa shape index (κ2) is 8.41. The first kappa shape index (κ1) is 17.9. The molecule has 0 N–H and O–H groups in total. The van der Waals surface area contributed by atoms with Gasteiger partial charge in [0.05, 0.1) is 33.0 Å². The zero-order valence-corrected chi connectivity index (χ0v) is 14.1. The van der Waals surface area contributed by atoms with Crippen LogP contribution in [-0.2, 0) is 4.79 Å². The zero-order chi connectivity index (χ0) is 18.2. The van der Waals surface area contributed by atoms with Gasteiger partial charge in [0.25, 0.3) is 0 Å². The summed E-state index contributed by atoms with van der Waals surface area (Å²) in [6.07, 6.45) is 2.87. The first-order valence-electron chi connectivity index (χ1n) is 7.31. The Morgan fingerprint density at radius 3 is 2.08 bits per heavy atom. The molecule has 6 nitrogen and oxygen atoms in total. The van der Waals surface area contributed by atoms with Crippen LogP contribution in [-0.4, -0.2) is 27.3 Å². The van der Waals surface area contributed by atoms with Gasteiger partial charge in [0.2, 0.25) is 5.75 Å². The number of nitriles is 1. The summed E-state index contributed by atoms with van der Waals surface area (Å²) in [4.78, 5) is 11.9. The lowest BCUT2D eigenvalue weighted by atomic mass is 10.1. The van der Waals surface area contributed by atoms with Gasteiger partial charge in [-0.05, 0) is 48.0 Å². The highest BCUT2D eigenvalue weighted by Crippen LogP contribution is 2.38. The predicted octanol–water partition coefficient (Wildman–Crippen LogP) is 3.20. The second-order valence-corrected chi connectivity index (χ2v) is 4.85. The van der Waals surface area contributed by atoms with Crippen LogP contribution in [0.3, 0.4) is 0 Å². The number of esters is 1. The van der Waals surface area contributed by atoms with Crippen LogP contribution in [0.1, 0.15) is 11.1 Å². The zero-order valence-electron chi connectivity index (χ0n) is 14.1. The minimum atomic E-state index is -0.543. The average molecular weight is 339 g/mol. The van der Waals surface area contributed by atoms with E-state index in [4.69, 9.17) is 24.2 Å². The summed E-state index contributed by atoms with van der Waals surface area (Å²) in [5.74, 6) is 1.27. The summed E-state index contributed by atoms with van der Waals surface area (Å²) in [7, 11) is 4.55. The highest BCUT2D eigenvalue weighted by molar-refractivity contribution is 5.89. The highest BCUT2D eigenvalue weighted by Gasteiger charge is 2.12. The van der Waals surface area contributed by atoms with Crippen LogP contribution in [0.5, 0.6) is 23.0 Å². The number of hydrogen-bond donors (Lipinski definition) is 0. The average Bonchev–Trinajstić information content (AvgIpc) is 2.65. The van der Waals surface area contributed by atoms with Crippen molar-refractivity contribution in [1.82, 2.24) is 0 Å². The van der Waals surface area contributed by atoms with E-state index in [9.17, 15) is 4.79 Å². The van der Waals surface area contributed by atoms with Gasteiger partial charge in [0.1, 0.15) is 5.75 Å². The van der Waals surface area contributed by atoms with Gasteiger partial charge in [-0.2, -0.15) is 5.26 Å². The molecule has 0 aliphatic heterocycles. The van der Waals surface area contributed by atoms with Gasteiger partial charge < -0.3 is 18.9 Å². The molecule has 0 heterocycles. The molecule has 2 rings (SSSR count). The lowest BCUT2D eigenvalue weighted by Gasteiger charge is -2.12. The largest absolute Gasteiger partial charge is 0.493 e. The minimum Gasteiger partial charge on any atom is -0.493 e. The SMILES string of the molecule is COc1cc(/C=C/C(=O)Oc2ccc(C#N)cc2)cc(OC)c1OC. The number of benzene rings is 2. The molecule has 0 fully saturated rings. The summed E-state index contributed by atoms with van der Waals surface area (Å²) < 4.78 is 20.9. The first-order chi connectivity index (χ1) is 12.1. The summed E-state index contributed by atoms with van der Waals surface area (Å²) in [5.41, 5.74) is 1.18. The number of hydrogen-bond acceptors (Lipinski definition) is 6. The molecule has 0 radical (unpaired) electrons. The van der Waals surface area contributed by atoms with E-state index in [1.165, 1.54) is 27.4 Å². The van der Waals surface area contributed by atoms with E-state index in [-0.39, 0.29) is 0 Å². The maximum atomic E-state index is 11.9. The minimum absolute atomic E-state index is 0.360. The van der Waals surface area contributed by atoms with Crippen LogP contribution in [0, 0.1) is 11.3 Å². The monoisotopic (exact) mass is 339 g/mol. The molecule has 2 aromatic rings. The Bertz CT molecular complexity index is 794. The van der Waals surface area contributed by atoms with E-state index >= 15 is 0 Å². The maximum absolute atomic E-state index is 11.9. The third-order valence-electron chi connectivity index (χ3n) is 3.30. The Morgan fingerprint density at radius 1 is 1.00 bits per heavy atom. The fourth-order valence-corrected chi connectivity index (χ4v) is 2.11. The van der Waals surface area contributed by atoms with Crippen molar-refractivity contribution in [1.29, 1.82) is 5.26 Å². The van der Waals surface area contributed by atoms with E-state index < -0.39 is 5.97 Å². The van der Waals surface area contributed by atoms with Crippen LogP contribution in [0.25, 0.3) is 6.08 Å². The summed E-state index contributed by atoms with van der Waals surface area (Å²) in [6, 6.07) is 11.7. The Morgan fingerprint density at radius 2 is 1.60 bits per heavy atom. The van der Waals surface area contributed by atoms with Crippen LogP contribution >= 0.6 is 0 Å². The molecule has 0 unspecified atom stereocenters. The third kappa shape index (κ3) is 4.52. The normalized spacial score (nSPS) is 10.2. The molecule has 6 heteroatoms. The molecule has 2 aromatic carbocycles. The van der Waals surface area contributed by atoms with Gasteiger partial charge in [-0.1, -0.05) is 0 Å². The van der Waals surface area contributed by atoms with Gasteiger partial charge in [-0.3, -0.25) is 0 Å². The number of methoxy groups -OCH3 is 3. The van der Waals surface area contributed by atoms with Crippen LogP contribution in [0.15, 0.2) is 42.5 Å². The van der Waals surface area contributed by atoms with Crippen LogP contribution in [0.4, 0.5) is 0 Å². The lowest BCUT2D eigenvalue weighted by Crippen LogP contribution is -2.03. The molecule has 0 atom stereocenters. The molecule has 0 saturated heterocycles. The molecule has 0 spiro atoms. The van der Waals surface area contributed by atoms with Gasteiger partial charge in [-0.15, -0.1) is 0 Å². The molecule has 0 aliphatic carbocycles. The van der Waals surface area contributed by atoms with Gasteiger partial charge in [0.15, 0.2) is 11.5 Å². The van der Waals surface area contributed by atoms with Crippen molar-refractivity contribution in [2.24, 2.45) is 0 Å². The highest BCUT2D eigenvalue weighted by atomic mass is 16.5. The number of ether oxygens (including phenoxy) is 4. The Labute approximate surface area is 145 Å². The van der Waals surface area contributed by atoms with Crippen molar-refractivity contribution in [3.63, 3.8) is 0 Å². The molecule has 128 valence electrons. The van der Waals surface area contributed by atoms with Gasteiger partial charge >= 0.3 is 5.97 Å². The lowest BCUT2D eigenvalue weighted by molar-refractivity contribution is -0.128. The summed E-state index contributed by atoms with van der Waals surface area (Å²) in [6.45, 7) is 0. The Balaban J connectivity index is 2.14. The van der Waals surface area contributed by atoms with Gasteiger partial charge in [-0.25, -0.2) is 4.79 Å². The summed E-state index contributed by atoms with van der Waals surface area (Å²) in [5, 5.41) is 8.75. The van der Waals surface area contributed by atoms with Crippen molar-refractivity contribution in [3.8, 4) is 29.1 Å². The second-order valence-electron chi connectivity index (χ2n) is 4.85. The topological polar surface area (TPSA) is 77.8 Å². The van der Waals surface area contributed by atoms with E-state index in [0.717, 1.165) is 0 Å². The molecular formula is C19H17NO5. The van der Waals surface area contributed by atoms with Crippen molar-refractivity contribution < 1.29 is 23.7 Å². The summed E-state index contributed by atoms with van der Waals surface area (Å²) >= 11 is 0. The third-order valence-corrected chi connectivity index (χ3v) is 3.30.